The Balaban J connectivity index is 1.72. The van der Waals surface area contributed by atoms with E-state index in [1.807, 2.05) is 0 Å². The molecule has 2 aliphatic carbocycles. The standard InChI is InChI=1S/C28H20/c1-2-10-19(9-1)22-18-17-20-11-3-4-12-21(20)27(22)28-25-15-7-5-13-23(25)24-14-6-8-16-26(24)28/h1-9,11-18,28H,10H2. The van der Waals surface area contributed by atoms with Gasteiger partial charge in [-0.25, -0.2) is 0 Å². The summed E-state index contributed by atoms with van der Waals surface area (Å²) in [6.45, 7) is 0. The van der Waals surface area contributed by atoms with Crippen molar-refractivity contribution in [2.24, 2.45) is 0 Å². The monoisotopic (exact) mass is 356 g/mol. The van der Waals surface area contributed by atoms with E-state index in [9.17, 15) is 0 Å². The lowest BCUT2D eigenvalue weighted by molar-refractivity contribution is 1.02. The Morgan fingerprint density at radius 2 is 1.29 bits per heavy atom. The number of allylic oxidation sites excluding steroid dienone is 4. The molecule has 0 heterocycles. The van der Waals surface area contributed by atoms with Crippen LogP contribution in [0.3, 0.4) is 0 Å². The van der Waals surface area contributed by atoms with Gasteiger partial charge in [0.05, 0.1) is 0 Å². The number of fused-ring (bicyclic) bond motifs is 4. The quantitative estimate of drug-likeness (QED) is 0.310. The molecule has 4 aromatic carbocycles. The van der Waals surface area contributed by atoms with Gasteiger partial charge in [0.15, 0.2) is 0 Å². The molecule has 0 nitrogen and oxygen atoms in total. The van der Waals surface area contributed by atoms with Gasteiger partial charge in [0.1, 0.15) is 0 Å². The molecular formula is C28H20. The highest BCUT2D eigenvalue weighted by molar-refractivity contribution is 5.95. The van der Waals surface area contributed by atoms with Crippen LogP contribution in [0, 0.1) is 0 Å². The van der Waals surface area contributed by atoms with Crippen LogP contribution in [0.1, 0.15) is 34.6 Å². The fraction of sp³-hybridized carbons (Fsp3) is 0.0714. The SMILES string of the molecule is C1=CCC(c2ccc3ccccc3c2C2c3ccccc3-c3ccccc32)=C1. The lowest BCUT2D eigenvalue weighted by atomic mass is 9.81. The Hall–Kier alpha value is -3.38. The van der Waals surface area contributed by atoms with E-state index in [-0.39, 0.29) is 5.92 Å². The van der Waals surface area contributed by atoms with Crippen molar-refractivity contribution < 1.29 is 0 Å². The van der Waals surface area contributed by atoms with Gasteiger partial charge in [-0.2, -0.15) is 0 Å². The van der Waals surface area contributed by atoms with Gasteiger partial charge < -0.3 is 0 Å². The predicted octanol–water partition coefficient (Wildman–Crippen LogP) is 7.34. The van der Waals surface area contributed by atoms with E-state index >= 15 is 0 Å². The molecule has 0 saturated heterocycles. The third kappa shape index (κ3) is 2.18. The summed E-state index contributed by atoms with van der Waals surface area (Å²) in [5.74, 6) is 0.273. The first-order chi connectivity index (χ1) is 13.9. The summed E-state index contributed by atoms with van der Waals surface area (Å²) < 4.78 is 0. The molecule has 0 heteroatoms. The molecule has 132 valence electrons. The van der Waals surface area contributed by atoms with Crippen LogP contribution >= 0.6 is 0 Å². The average molecular weight is 356 g/mol. The Labute approximate surface area is 165 Å². The summed E-state index contributed by atoms with van der Waals surface area (Å²) in [4.78, 5) is 0. The van der Waals surface area contributed by atoms with E-state index in [2.05, 4.69) is 103 Å². The molecule has 0 aliphatic heterocycles. The van der Waals surface area contributed by atoms with E-state index in [1.54, 1.807) is 0 Å². The van der Waals surface area contributed by atoms with Crippen molar-refractivity contribution in [1.82, 2.24) is 0 Å². The second-order valence-electron chi connectivity index (χ2n) is 7.68. The van der Waals surface area contributed by atoms with Crippen molar-refractivity contribution in [2.45, 2.75) is 12.3 Å². The number of rotatable bonds is 2. The second-order valence-corrected chi connectivity index (χ2v) is 7.68. The lowest BCUT2D eigenvalue weighted by Gasteiger charge is -2.22. The molecule has 2 aliphatic rings. The molecule has 0 amide bonds. The summed E-state index contributed by atoms with van der Waals surface area (Å²) in [7, 11) is 0. The molecule has 28 heavy (non-hydrogen) atoms. The number of hydrogen-bond acceptors (Lipinski definition) is 0. The average Bonchev–Trinajstić information content (AvgIpc) is 3.40. The van der Waals surface area contributed by atoms with Gasteiger partial charge in [-0.15, -0.1) is 0 Å². The van der Waals surface area contributed by atoms with Gasteiger partial charge in [0, 0.05) is 5.92 Å². The van der Waals surface area contributed by atoms with E-state index in [4.69, 9.17) is 0 Å². The minimum atomic E-state index is 0.273. The molecule has 0 unspecified atom stereocenters. The molecule has 0 aromatic heterocycles. The van der Waals surface area contributed by atoms with Gasteiger partial charge >= 0.3 is 0 Å². The molecule has 0 radical (unpaired) electrons. The van der Waals surface area contributed by atoms with Crippen LogP contribution in [0.15, 0.2) is 103 Å². The first kappa shape index (κ1) is 15.7. The van der Waals surface area contributed by atoms with Gasteiger partial charge in [0.25, 0.3) is 0 Å². The second kappa shape index (κ2) is 6.07. The Bertz CT molecular complexity index is 1240. The van der Waals surface area contributed by atoms with Gasteiger partial charge in [-0.3, -0.25) is 0 Å². The predicted molar refractivity (Wildman–Crippen MR) is 119 cm³/mol. The zero-order valence-corrected chi connectivity index (χ0v) is 15.6. The highest BCUT2D eigenvalue weighted by atomic mass is 14.3. The molecule has 4 aromatic rings. The van der Waals surface area contributed by atoms with E-state index in [0.717, 1.165) is 6.42 Å². The molecular weight excluding hydrogens is 336 g/mol. The molecule has 0 atom stereocenters. The largest absolute Gasteiger partial charge is 0.0801 e. The minimum absolute atomic E-state index is 0.273. The third-order valence-corrected chi connectivity index (χ3v) is 6.21. The molecule has 6 rings (SSSR count). The molecule has 0 N–H and O–H groups in total. The van der Waals surface area contributed by atoms with Crippen LogP contribution in [0.4, 0.5) is 0 Å². The number of hydrogen-bond donors (Lipinski definition) is 0. The summed E-state index contributed by atoms with van der Waals surface area (Å²) in [6, 6.07) is 31.3. The van der Waals surface area contributed by atoms with Gasteiger partial charge in [0.2, 0.25) is 0 Å². The summed E-state index contributed by atoms with van der Waals surface area (Å²) in [5, 5.41) is 2.68. The van der Waals surface area contributed by atoms with Crippen molar-refractivity contribution in [1.29, 1.82) is 0 Å². The highest BCUT2D eigenvalue weighted by Gasteiger charge is 2.32. The summed E-state index contributed by atoms with van der Waals surface area (Å²) >= 11 is 0. The van der Waals surface area contributed by atoms with Crippen molar-refractivity contribution in [3.63, 3.8) is 0 Å². The minimum Gasteiger partial charge on any atom is -0.0801 e. The van der Waals surface area contributed by atoms with E-state index in [0.29, 0.717) is 0 Å². The fourth-order valence-electron chi connectivity index (χ4n) is 5.00. The fourth-order valence-corrected chi connectivity index (χ4v) is 5.00. The van der Waals surface area contributed by atoms with Crippen LogP contribution < -0.4 is 0 Å². The maximum absolute atomic E-state index is 2.33. The maximum atomic E-state index is 2.33. The van der Waals surface area contributed by atoms with Crippen LogP contribution in [-0.4, -0.2) is 0 Å². The smallest absolute Gasteiger partial charge is 0.0364 e. The number of benzene rings is 4. The summed E-state index contributed by atoms with van der Waals surface area (Å²) in [5.41, 5.74) is 9.86. The third-order valence-electron chi connectivity index (χ3n) is 6.21. The van der Waals surface area contributed by atoms with Crippen LogP contribution in [0.2, 0.25) is 0 Å². The van der Waals surface area contributed by atoms with Gasteiger partial charge in [-0.1, -0.05) is 103 Å². The van der Waals surface area contributed by atoms with Crippen LogP contribution in [0.25, 0.3) is 27.5 Å². The van der Waals surface area contributed by atoms with E-state index < -0.39 is 0 Å². The first-order valence-corrected chi connectivity index (χ1v) is 9.98. The Kier molecular flexibility index (Phi) is 3.39. The topological polar surface area (TPSA) is 0 Å². The van der Waals surface area contributed by atoms with Crippen molar-refractivity contribution in [3.8, 4) is 11.1 Å². The van der Waals surface area contributed by atoms with Crippen molar-refractivity contribution >= 4 is 16.3 Å². The zero-order valence-electron chi connectivity index (χ0n) is 15.6. The normalized spacial score (nSPS) is 14.9. The van der Waals surface area contributed by atoms with Crippen molar-refractivity contribution in [3.05, 3.63) is 125 Å². The van der Waals surface area contributed by atoms with Gasteiger partial charge in [-0.05, 0) is 56.1 Å². The van der Waals surface area contributed by atoms with Crippen LogP contribution in [0.5, 0.6) is 0 Å². The summed E-state index contributed by atoms with van der Waals surface area (Å²) in [6.07, 6.45) is 7.73. The van der Waals surface area contributed by atoms with E-state index in [1.165, 1.54) is 49.7 Å². The molecule has 0 bridgehead atoms. The lowest BCUT2D eigenvalue weighted by Crippen LogP contribution is -2.04. The zero-order chi connectivity index (χ0) is 18.5. The Morgan fingerprint density at radius 1 is 0.607 bits per heavy atom. The Morgan fingerprint density at radius 3 is 2.00 bits per heavy atom. The van der Waals surface area contributed by atoms with Crippen LogP contribution in [-0.2, 0) is 0 Å². The maximum Gasteiger partial charge on any atom is 0.0364 e. The molecule has 0 fully saturated rings. The highest BCUT2D eigenvalue weighted by Crippen LogP contribution is 2.51. The molecule has 0 spiro atoms. The van der Waals surface area contributed by atoms with Crippen molar-refractivity contribution in [2.75, 3.05) is 0 Å². The first-order valence-electron chi connectivity index (χ1n) is 9.98. The molecule has 0 saturated carbocycles.